The third-order valence-electron chi connectivity index (χ3n) is 3.78. The second-order valence-corrected chi connectivity index (χ2v) is 5.91. The van der Waals surface area contributed by atoms with Gasteiger partial charge in [-0.3, -0.25) is 0 Å². The molecule has 1 atom stereocenters. The third-order valence-corrected chi connectivity index (χ3v) is 3.78. The normalized spacial score (nSPS) is 15.2. The Morgan fingerprint density at radius 2 is 1.33 bits per heavy atom. The standard InChI is InChI=1S/C16H27F5O3/c1-2-3-4-5-6-7-8-9-10-11-12-13(22)14(17,18)15(23,24)16(19,20)21/h9-10,13,22-24H,2-8,11-12H2,1H3. The number of hydrogen-bond donors (Lipinski definition) is 3. The molecule has 0 saturated heterocycles. The van der Waals surface area contributed by atoms with E-state index in [4.69, 9.17) is 10.2 Å². The predicted octanol–water partition coefficient (Wildman–Crippen LogP) is 4.31. The molecule has 0 aliphatic heterocycles. The summed E-state index contributed by atoms with van der Waals surface area (Å²) in [4.78, 5) is 0. The molecular weight excluding hydrogens is 335 g/mol. The lowest BCUT2D eigenvalue weighted by Crippen LogP contribution is -2.63. The lowest BCUT2D eigenvalue weighted by atomic mass is 9.98. The van der Waals surface area contributed by atoms with Crippen LogP contribution in [0, 0.1) is 0 Å². The molecule has 0 heterocycles. The van der Waals surface area contributed by atoms with Crippen molar-refractivity contribution in [2.45, 2.75) is 88.7 Å². The van der Waals surface area contributed by atoms with Crippen molar-refractivity contribution >= 4 is 0 Å². The van der Waals surface area contributed by atoms with E-state index in [-0.39, 0.29) is 6.42 Å². The topological polar surface area (TPSA) is 60.7 Å². The molecule has 0 aliphatic rings. The summed E-state index contributed by atoms with van der Waals surface area (Å²) in [6.07, 6.45) is 1.00. The van der Waals surface area contributed by atoms with Gasteiger partial charge in [0.05, 0.1) is 0 Å². The highest BCUT2D eigenvalue weighted by atomic mass is 19.4. The smallest absolute Gasteiger partial charge is 0.387 e. The molecule has 0 aromatic rings. The predicted molar refractivity (Wildman–Crippen MR) is 80.5 cm³/mol. The Hall–Kier alpha value is -0.730. The first kappa shape index (κ1) is 23.3. The quantitative estimate of drug-likeness (QED) is 0.210. The van der Waals surface area contributed by atoms with E-state index in [0.717, 1.165) is 32.1 Å². The summed E-state index contributed by atoms with van der Waals surface area (Å²) >= 11 is 0. The summed E-state index contributed by atoms with van der Waals surface area (Å²) in [6, 6.07) is 0. The van der Waals surface area contributed by atoms with Crippen LogP contribution in [-0.2, 0) is 0 Å². The van der Waals surface area contributed by atoms with Crippen molar-refractivity contribution < 1.29 is 37.3 Å². The fraction of sp³-hybridized carbons (Fsp3) is 0.875. The first-order valence-corrected chi connectivity index (χ1v) is 8.20. The van der Waals surface area contributed by atoms with Crippen molar-refractivity contribution in [3.63, 3.8) is 0 Å². The zero-order chi connectivity index (χ0) is 18.9. The molecule has 24 heavy (non-hydrogen) atoms. The minimum Gasteiger partial charge on any atom is -0.387 e. The molecule has 0 bridgehead atoms. The Kier molecular flexibility index (Phi) is 9.99. The van der Waals surface area contributed by atoms with E-state index in [1.807, 2.05) is 0 Å². The van der Waals surface area contributed by atoms with Crippen molar-refractivity contribution in [2.75, 3.05) is 0 Å². The minimum absolute atomic E-state index is 0.0828. The van der Waals surface area contributed by atoms with Gasteiger partial charge in [-0.15, -0.1) is 0 Å². The molecule has 8 heteroatoms. The Morgan fingerprint density at radius 1 is 0.833 bits per heavy atom. The van der Waals surface area contributed by atoms with Crippen LogP contribution in [0.4, 0.5) is 22.0 Å². The average molecular weight is 362 g/mol. The second kappa shape index (κ2) is 10.3. The number of allylic oxidation sites excluding steroid dienone is 2. The Morgan fingerprint density at radius 3 is 1.88 bits per heavy atom. The maximum Gasteiger partial charge on any atom is 0.449 e. The first-order valence-electron chi connectivity index (χ1n) is 8.20. The fourth-order valence-electron chi connectivity index (χ4n) is 2.13. The first-order chi connectivity index (χ1) is 11.0. The molecular formula is C16H27F5O3. The summed E-state index contributed by atoms with van der Waals surface area (Å²) in [5.41, 5.74) is 0. The summed E-state index contributed by atoms with van der Waals surface area (Å²) in [6.45, 7) is 2.12. The Labute approximate surface area is 139 Å². The number of aliphatic hydroxyl groups excluding tert-OH is 1. The summed E-state index contributed by atoms with van der Waals surface area (Å²) in [5, 5.41) is 26.4. The van der Waals surface area contributed by atoms with Crippen LogP contribution in [0.5, 0.6) is 0 Å². The zero-order valence-electron chi connectivity index (χ0n) is 13.8. The van der Waals surface area contributed by atoms with Crippen molar-refractivity contribution in [3.05, 3.63) is 12.2 Å². The van der Waals surface area contributed by atoms with E-state index in [9.17, 15) is 27.1 Å². The number of rotatable bonds is 12. The van der Waals surface area contributed by atoms with E-state index in [2.05, 4.69) is 6.92 Å². The van der Waals surface area contributed by atoms with Gasteiger partial charge in [-0.25, -0.2) is 0 Å². The van der Waals surface area contributed by atoms with E-state index in [1.165, 1.54) is 18.9 Å². The van der Waals surface area contributed by atoms with Gasteiger partial charge in [-0.2, -0.15) is 22.0 Å². The molecule has 0 spiro atoms. The molecule has 0 rings (SSSR count). The molecule has 3 N–H and O–H groups in total. The Balaban J connectivity index is 4.12. The maximum atomic E-state index is 13.4. The van der Waals surface area contributed by atoms with Crippen LogP contribution in [-0.4, -0.2) is 39.3 Å². The molecule has 0 aromatic heterocycles. The summed E-state index contributed by atoms with van der Waals surface area (Å²) in [5.74, 6) is -10.4. The van der Waals surface area contributed by atoms with Gasteiger partial charge in [0.15, 0.2) is 0 Å². The largest absolute Gasteiger partial charge is 0.449 e. The van der Waals surface area contributed by atoms with Gasteiger partial charge in [0, 0.05) is 0 Å². The Bertz CT molecular complexity index is 367. The van der Waals surface area contributed by atoms with Crippen molar-refractivity contribution in [1.29, 1.82) is 0 Å². The monoisotopic (exact) mass is 362 g/mol. The lowest BCUT2D eigenvalue weighted by molar-refractivity contribution is -0.429. The van der Waals surface area contributed by atoms with Gasteiger partial charge < -0.3 is 15.3 Å². The van der Waals surface area contributed by atoms with Gasteiger partial charge in [-0.05, 0) is 25.7 Å². The molecule has 0 aliphatic carbocycles. The van der Waals surface area contributed by atoms with E-state index in [0.29, 0.717) is 0 Å². The average Bonchev–Trinajstić information content (AvgIpc) is 2.47. The van der Waals surface area contributed by atoms with Crippen LogP contribution >= 0.6 is 0 Å². The lowest BCUT2D eigenvalue weighted by Gasteiger charge is -2.34. The molecule has 0 amide bonds. The van der Waals surface area contributed by atoms with Crippen LogP contribution in [0.25, 0.3) is 0 Å². The number of alkyl halides is 5. The van der Waals surface area contributed by atoms with Crippen LogP contribution in [0.15, 0.2) is 12.2 Å². The molecule has 0 fully saturated rings. The highest BCUT2D eigenvalue weighted by Crippen LogP contribution is 2.42. The second-order valence-electron chi connectivity index (χ2n) is 5.91. The van der Waals surface area contributed by atoms with Gasteiger partial charge in [0.2, 0.25) is 0 Å². The van der Waals surface area contributed by atoms with Gasteiger partial charge in [0.25, 0.3) is 0 Å². The number of unbranched alkanes of at least 4 members (excludes halogenated alkanes) is 6. The summed E-state index contributed by atoms with van der Waals surface area (Å²) < 4.78 is 63.4. The SMILES string of the molecule is CCCCCCCCC=CCCC(O)C(F)(F)C(O)(O)C(F)(F)F. The van der Waals surface area contributed by atoms with Gasteiger partial charge in [-0.1, -0.05) is 51.2 Å². The van der Waals surface area contributed by atoms with Crippen LogP contribution in [0.3, 0.4) is 0 Å². The van der Waals surface area contributed by atoms with E-state index >= 15 is 0 Å². The van der Waals surface area contributed by atoms with Crippen molar-refractivity contribution in [3.8, 4) is 0 Å². The zero-order valence-corrected chi connectivity index (χ0v) is 13.8. The van der Waals surface area contributed by atoms with E-state index < -0.39 is 30.4 Å². The fourth-order valence-corrected chi connectivity index (χ4v) is 2.13. The van der Waals surface area contributed by atoms with Crippen molar-refractivity contribution in [2.24, 2.45) is 0 Å². The molecule has 0 radical (unpaired) electrons. The molecule has 0 saturated carbocycles. The maximum absolute atomic E-state index is 13.4. The highest BCUT2D eigenvalue weighted by molar-refractivity contribution is 4.96. The van der Waals surface area contributed by atoms with E-state index in [1.54, 1.807) is 6.08 Å². The molecule has 3 nitrogen and oxygen atoms in total. The third kappa shape index (κ3) is 7.03. The minimum atomic E-state index is -5.97. The van der Waals surface area contributed by atoms with Crippen LogP contribution in [0.2, 0.25) is 0 Å². The number of aliphatic hydroxyl groups is 3. The van der Waals surface area contributed by atoms with Gasteiger partial charge >= 0.3 is 17.9 Å². The van der Waals surface area contributed by atoms with Crippen LogP contribution < -0.4 is 0 Å². The van der Waals surface area contributed by atoms with Crippen LogP contribution in [0.1, 0.15) is 64.7 Å². The highest BCUT2D eigenvalue weighted by Gasteiger charge is 2.71. The molecule has 144 valence electrons. The molecule has 1 unspecified atom stereocenters. The summed E-state index contributed by atoms with van der Waals surface area (Å²) in [7, 11) is 0. The van der Waals surface area contributed by atoms with Crippen molar-refractivity contribution in [1.82, 2.24) is 0 Å². The number of hydrogen-bond acceptors (Lipinski definition) is 3. The van der Waals surface area contributed by atoms with Gasteiger partial charge in [0.1, 0.15) is 6.10 Å². The number of halogens is 5. The molecule has 0 aromatic carbocycles.